The molecule has 1 aliphatic heterocycles. The van der Waals surface area contributed by atoms with E-state index in [1.807, 2.05) is 24.3 Å². The SMILES string of the molecule is Cc1ccc(C2(Cl)CO2)cc1. The third-order valence-electron chi connectivity index (χ3n) is 1.88. The van der Waals surface area contributed by atoms with Crippen LogP contribution in [0.4, 0.5) is 0 Å². The van der Waals surface area contributed by atoms with E-state index in [-0.39, 0.29) is 0 Å². The highest BCUT2D eigenvalue weighted by Gasteiger charge is 2.44. The molecule has 11 heavy (non-hydrogen) atoms. The van der Waals surface area contributed by atoms with Crippen molar-refractivity contribution in [1.29, 1.82) is 0 Å². The zero-order valence-corrected chi connectivity index (χ0v) is 7.06. The highest BCUT2D eigenvalue weighted by atomic mass is 35.5. The minimum atomic E-state index is -0.492. The zero-order valence-electron chi connectivity index (χ0n) is 6.30. The highest BCUT2D eigenvalue weighted by Crippen LogP contribution is 2.42. The Labute approximate surface area is 70.9 Å². The van der Waals surface area contributed by atoms with Crippen molar-refractivity contribution in [3.63, 3.8) is 0 Å². The lowest BCUT2D eigenvalue weighted by Crippen LogP contribution is -1.96. The van der Waals surface area contributed by atoms with E-state index in [4.69, 9.17) is 16.3 Å². The molecule has 1 saturated heterocycles. The lowest BCUT2D eigenvalue weighted by Gasteiger charge is -2.02. The molecule has 2 heteroatoms. The van der Waals surface area contributed by atoms with Crippen molar-refractivity contribution in [2.45, 2.75) is 12.0 Å². The first-order valence-electron chi connectivity index (χ1n) is 3.61. The molecule has 0 N–H and O–H groups in total. The summed E-state index contributed by atoms with van der Waals surface area (Å²) in [7, 11) is 0. The van der Waals surface area contributed by atoms with Crippen LogP contribution in [0.25, 0.3) is 0 Å². The quantitative estimate of drug-likeness (QED) is 0.464. The van der Waals surface area contributed by atoms with Crippen LogP contribution in [0, 0.1) is 6.92 Å². The van der Waals surface area contributed by atoms with Crippen molar-refractivity contribution >= 4 is 11.6 Å². The monoisotopic (exact) mass is 168 g/mol. The zero-order chi connectivity index (χ0) is 7.90. The summed E-state index contributed by atoms with van der Waals surface area (Å²) in [5, 5.41) is -0.492. The van der Waals surface area contributed by atoms with E-state index in [1.165, 1.54) is 5.56 Å². The molecule has 0 aromatic heterocycles. The van der Waals surface area contributed by atoms with Crippen molar-refractivity contribution in [1.82, 2.24) is 0 Å². The van der Waals surface area contributed by atoms with Crippen LogP contribution >= 0.6 is 11.6 Å². The van der Waals surface area contributed by atoms with Crippen LogP contribution in [0.5, 0.6) is 0 Å². The molecule has 1 atom stereocenters. The molecule has 0 saturated carbocycles. The molecule has 1 nitrogen and oxygen atoms in total. The fourth-order valence-electron chi connectivity index (χ4n) is 1.03. The van der Waals surface area contributed by atoms with Gasteiger partial charge in [-0.1, -0.05) is 41.4 Å². The Bertz CT molecular complexity index is 261. The van der Waals surface area contributed by atoms with Gasteiger partial charge in [-0.2, -0.15) is 0 Å². The van der Waals surface area contributed by atoms with E-state index in [2.05, 4.69) is 6.92 Å². The van der Waals surface area contributed by atoms with Crippen molar-refractivity contribution in [2.24, 2.45) is 0 Å². The van der Waals surface area contributed by atoms with Gasteiger partial charge in [-0.3, -0.25) is 0 Å². The molecule has 0 aliphatic carbocycles. The number of hydrogen-bond donors (Lipinski definition) is 0. The number of ether oxygens (including phenoxy) is 1. The van der Waals surface area contributed by atoms with Gasteiger partial charge in [-0.25, -0.2) is 0 Å². The summed E-state index contributed by atoms with van der Waals surface area (Å²) in [4.78, 5) is 0. The summed E-state index contributed by atoms with van der Waals surface area (Å²) in [5.74, 6) is 0. The summed E-state index contributed by atoms with van der Waals surface area (Å²) in [6.45, 7) is 2.69. The third kappa shape index (κ3) is 1.26. The van der Waals surface area contributed by atoms with E-state index >= 15 is 0 Å². The predicted molar refractivity (Wildman–Crippen MR) is 44.7 cm³/mol. The number of benzene rings is 1. The van der Waals surface area contributed by atoms with Crippen LogP contribution in [0.1, 0.15) is 11.1 Å². The Hall–Kier alpha value is -0.530. The molecule has 0 amide bonds. The van der Waals surface area contributed by atoms with Gasteiger partial charge in [0.1, 0.15) is 0 Å². The van der Waals surface area contributed by atoms with E-state index < -0.39 is 5.06 Å². The average molecular weight is 169 g/mol. The molecule has 2 rings (SSSR count). The summed E-state index contributed by atoms with van der Waals surface area (Å²) >= 11 is 6.00. The largest absolute Gasteiger partial charge is 0.348 e. The Morgan fingerprint density at radius 2 is 1.91 bits per heavy atom. The van der Waals surface area contributed by atoms with Crippen molar-refractivity contribution in [3.05, 3.63) is 35.4 Å². The lowest BCUT2D eigenvalue weighted by molar-refractivity contribution is 0.386. The molecule has 1 aliphatic rings. The second-order valence-corrected chi connectivity index (χ2v) is 3.49. The minimum absolute atomic E-state index is 0.492. The van der Waals surface area contributed by atoms with Crippen LogP contribution in [0.15, 0.2) is 24.3 Å². The normalized spacial score (nSPS) is 28.5. The average Bonchev–Trinajstić information content (AvgIpc) is 2.70. The number of epoxide rings is 1. The van der Waals surface area contributed by atoms with Crippen molar-refractivity contribution < 1.29 is 4.74 Å². The number of rotatable bonds is 1. The van der Waals surface area contributed by atoms with Gasteiger partial charge < -0.3 is 4.74 Å². The van der Waals surface area contributed by atoms with Gasteiger partial charge in [0.2, 0.25) is 0 Å². The first-order chi connectivity index (χ1) is 5.21. The molecule has 1 aromatic rings. The molecule has 1 fully saturated rings. The Morgan fingerprint density at radius 3 is 2.36 bits per heavy atom. The number of halogens is 1. The maximum absolute atomic E-state index is 6.00. The van der Waals surface area contributed by atoms with Crippen LogP contribution in [0.2, 0.25) is 0 Å². The van der Waals surface area contributed by atoms with Gasteiger partial charge >= 0.3 is 0 Å². The second-order valence-electron chi connectivity index (χ2n) is 2.88. The van der Waals surface area contributed by atoms with Crippen LogP contribution < -0.4 is 0 Å². The van der Waals surface area contributed by atoms with Gasteiger partial charge in [-0.05, 0) is 6.92 Å². The maximum atomic E-state index is 6.00. The molecule has 0 bridgehead atoms. The number of hydrogen-bond acceptors (Lipinski definition) is 1. The Kier molecular flexibility index (Phi) is 1.44. The fraction of sp³-hybridized carbons (Fsp3) is 0.333. The predicted octanol–water partition coefficient (Wildman–Crippen LogP) is 2.42. The van der Waals surface area contributed by atoms with E-state index in [1.54, 1.807) is 0 Å². The van der Waals surface area contributed by atoms with Crippen LogP contribution in [0.3, 0.4) is 0 Å². The standard InChI is InChI=1S/C9H9ClO/c1-7-2-4-8(5-3-7)9(10)6-11-9/h2-5H,6H2,1H3. The van der Waals surface area contributed by atoms with E-state index in [0.29, 0.717) is 6.61 Å². The first-order valence-corrected chi connectivity index (χ1v) is 3.98. The highest BCUT2D eigenvalue weighted by molar-refractivity contribution is 6.24. The lowest BCUT2D eigenvalue weighted by atomic mass is 10.1. The molecular formula is C9H9ClO. The van der Waals surface area contributed by atoms with Crippen LogP contribution in [-0.4, -0.2) is 6.61 Å². The summed E-state index contributed by atoms with van der Waals surface area (Å²) < 4.78 is 5.09. The number of aryl methyl sites for hydroxylation is 1. The van der Waals surface area contributed by atoms with Gasteiger partial charge in [-0.15, -0.1) is 0 Å². The molecule has 0 radical (unpaired) electrons. The molecule has 1 unspecified atom stereocenters. The summed E-state index contributed by atoms with van der Waals surface area (Å²) in [6.07, 6.45) is 0. The summed E-state index contributed by atoms with van der Waals surface area (Å²) in [5.41, 5.74) is 2.31. The smallest absolute Gasteiger partial charge is 0.190 e. The van der Waals surface area contributed by atoms with E-state index in [0.717, 1.165) is 5.56 Å². The summed E-state index contributed by atoms with van der Waals surface area (Å²) in [6, 6.07) is 8.10. The van der Waals surface area contributed by atoms with Crippen LogP contribution in [-0.2, 0) is 9.80 Å². The maximum Gasteiger partial charge on any atom is 0.190 e. The third-order valence-corrected chi connectivity index (χ3v) is 2.32. The van der Waals surface area contributed by atoms with Gasteiger partial charge in [0.25, 0.3) is 0 Å². The number of alkyl halides is 1. The molecule has 1 heterocycles. The van der Waals surface area contributed by atoms with Gasteiger partial charge in [0.15, 0.2) is 5.06 Å². The minimum Gasteiger partial charge on any atom is -0.348 e. The molecule has 0 spiro atoms. The Morgan fingerprint density at radius 1 is 1.36 bits per heavy atom. The van der Waals surface area contributed by atoms with Gasteiger partial charge in [0, 0.05) is 5.56 Å². The first kappa shape index (κ1) is 7.14. The molecule has 58 valence electrons. The molecule has 1 aromatic carbocycles. The van der Waals surface area contributed by atoms with Gasteiger partial charge in [0.05, 0.1) is 6.61 Å². The second kappa shape index (κ2) is 2.23. The topological polar surface area (TPSA) is 12.5 Å². The van der Waals surface area contributed by atoms with Crippen molar-refractivity contribution in [2.75, 3.05) is 6.61 Å². The van der Waals surface area contributed by atoms with E-state index in [9.17, 15) is 0 Å². The molecular weight excluding hydrogens is 160 g/mol. The Balaban J connectivity index is 2.33. The van der Waals surface area contributed by atoms with Crippen molar-refractivity contribution in [3.8, 4) is 0 Å². The fourth-order valence-corrected chi connectivity index (χ4v) is 1.21.